The van der Waals surface area contributed by atoms with Gasteiger partial charge in [-0.25, -0.2) is 9.59 Å². The van der Waals surface area contributed by atoms with E-state index in [1.807, 2.05) is 26.8 Å². The predicted octanol–water partition coefficient (Wildman–Crippen LogP) is 1.75. The highest BCUT2D eigenvalue weighted by molar-refractivity contribution is 5.82. The van der Waals surface area contributed by atoms with E-state index in [1.54, 1.807) is 6.92 Å². The van der Waals surface area contributed by atoms with Crippen LogP contribution in [0, 0.1) is 5.92 Å². The number of rotatable bonds is 6. The van der Waals surface area contributed by atoms with Gasteiger partial charge in [-0.3, -0.25) is 0 Å². The van der Waals surface area contributed by atoms with Gasteiger partial charge in [0.15, 0.2) is 0 Å². The van der Waals surface area contributed by atoms with E-state index in [1.165, 1.54) is 0 Å². The quantitative estimate of drug-likeness (QED) is 0.621. The van der Waals surface area contributed by atoms with Gasteiger partial charge in [-0.05, 0) is 19.8 Å². The molecule has 0 saturated carbocycles. The standard InChI is InChI=1S/C12H22N2O3/c1-5-9(4)10(11(15)16)14-12(17)13-7-6-8(2)3/h6,9-10H,5,7H2,1-4H3,(H,15,16)(H2,13,14,17)/t9?,10-/m0/s1. The molecule has 2 atom stereocenters. The van der Waals surface area contributed by atoms with E-state index in [0.717, 1.165) is 5.57 Å². The summed E-state index contributed by atoms with van der Waals surface area (Å²) in [5.41, 5.74) is 1.10. The van der Waals surface area contributed by atoms with Crippen LogP contribution in [0.2, 0.25) is 0 Å². The molecule has 1 unspecified atom stereocenters. The van der Waals surface area contributed by atoms with E-state index in [0.29, 0.717) is 13.0 Å². The molecule has 0 saturated heterocycles. The highest BCUT2D eigenvalue weighted by Crippen LogP contribution is 2.07. The van der Waals surface area contributed by atoms with Crippen molar-refractivity contribution in [1.82, 2.24) is 10.6 Å². The van der Waals surface area contributed by atoms with Crippen LogP contribution in [-0.2, 0) is 4.79 Å². The summed E-state index contributed by atoms with van der Waals surface area (Å²) >= 11 is 0. The summed E-state index contributed by atoms with van der Waals surface area (Å²) in [7, 11) is 0. The maximum absolute atomic E-state index is 11.4. The van der Waals surface area contributed by atoms with Crippen molar-refractivity contribution >= 4 is 12.0 Å². The molecule has 2 amide bonds. The van der Waals surface area contributed by atoms with Crippen LogP contribution < -0.4 is 10.6 Å². The van der Waals surface area contributed by atoms with Crippen LogP contribution in [0.5, 0.6) is 0 Å². The number of allylic oxidation sites excluding steroid dienone is 1. The van der Waals surface area contributed by atoms with E-state index in [4.69, 9.17) is 5.11 Å². The van der Waals surface area contributed by atoms with Gasteiger partial charge in [-0.1, -0.05) is 31.9 Å². The van der Waals surface area contributed by atoms with E-state index in [-0.39, 0.29) is 5.92 Å². The number of carbonyl (C=O) groups is 2. The maximum atomic E-state index is 11.4. The second-order valence-corrected chi connectivity index (χ2v) is 4.34. The molecule has 0 radical (unpaired) electrons. The molecule has 98 valence electrons. The van der Waals surface area contributed by atoms with Gasteiger partial charge in [0, 0.05) is 6.54 Å². The Morgan fingerprint density at radius 1 is 1.35 bits per heavy atom. The Balaban J connectivity index is 4.23. The molecular formula is C12H22N2O3. The van der Waals surface area contributed by atoms with Crippen molar-refractivity contribution in [3.05, 3.63) is 11.6 Å². The molecule has 0 heterocycles. The van der Waals surface area contributed by atoms with Crippen LogP contribution in [0.4, 0.5) is 4.79 Å². The number of urea groups is 1. The SMILES string of the molecule is CCC(C)[C@H](NC(=O)NCC=C(C)C)C(=O)O. The lowest BCUT2D eigenvalue weighted by atomic mass is 9.99. The average Bonchev–Trinajstić information content (AvgIpc) is 2.24. The summed E-state index contributed by atoms with van der Waals surface area (Å²) in [4.78, 5) is 22.4. The second kappa shape index (κ2) is 7.70. The zero-order chi connectivity index (χ0) is 13.4. The van der Waals surface area contributed by atoms with Crippen molar-refractivity contribution in [2.24, 2.45) is 5.92 Å². The molecule has 0 aromatic heterocycles. The Morgan fingerprint density at radius 3 is 2.35 bits per heavy atom. The average molecular weight is 242 g/mol. The summed E-state index contributed by atoms with van der Waals surface area (Å²) in [6.07, 6.45) is 2.56. The van der Waals surface area contributed by atoms with Crippen molar-refractivity contribution in [2.45, 2.75) is 40.2 Å². The van der Waals surface area contributed by atoms with Crippen molar-refractivity contribution in [3.63, 3.8) is 0 Å². The number of carboxylic acids is 1. The van der Waals surface area contributed by atoms with Crippen LogP contribution >= 0.6 is 0 Å². The topological polar surface area (TPSA) is 78.4 Å². The number of hydrogen-bond acceptors (Lipinski definition) is 2. The molecule has 0 aliphatic carbocycles. The largest absolute Gasteiger partial charge is 0.480 e. The zero-order valence-corrected chi connectivity index (χ0v) is 10.9. The molecule has 0 aromatic rings. The van der Waals surface area contributed by atoms with Gasteiger partial charge in [0.25, 0.3) is 0 Å². The first-order valence-corrected chi connectivity index (χ1v) is 5.79. The van der Waals surface area contributed by atoms with Gasteiger partial charge in [0.05, 0.1) is 0 Å². The molecule has 0 aromatic carbocycles. The molecule has 0 spiro atoms. The number of nitrogens with one attached hydrogen (secondary N) is 2. The molecule has 0 fully saturated rings. The van der Waals surface area contributed by atoms with Gasteiger partial charge >= 0.3 is 12.0 Å². The molecule has 5 heteroatoms. The second-order valence-electron chi connectivity index (χ2n) is 4.34. The molecule has 0 aliphatic heterocycles. The first-order valence-electron chi connectivity index (χ1n) is 5.79. The monoisotopic (exact) mass is 242 g/mol. The lowest BCUT2D eigenvalue weighted by molar-refractivity contribution is -0.140. The minimum absolute atomic E-state index is 0.0956. The fraction of sp³-hybridized carbons (Fsp3) is 0.667. The van der Waals surface area contributed by atoms with Gasteiger partial charge < -0.3 is 15.7 Å². The third kappa shape index (κ3) is 6.60. The Labute approximate surface area is 102 Å². The smallest absolute Gasteiger partial charge is 0.326 e. The van der Waals surface area contributed by atoms with Crippen molar-refractivity contribution < 1.29 is 14.7 Å². The minimum atomic E-state index is -1.00. The van der Waals surface area contributed by atoms with Crippen LogP contribution in [0.15, 0.2) is 11.6 Å². The van der Waals surface area contributed by atoms with Crippen LogP contribution in [0.25, 0.3) is 0 Å². The molecule has 5 nitrogen and oxygen atoms in total. The lowest BCUT2D eigenvalue weighted by Gasteiger charge is -2.20. The maximum Gasteiger partial charge on any atom is 0.326 e. The van der Waals surface area contributed by atoms with Gasteiger partial charge in [-0.2, -0.15) is 0 Å². The number of hydrogen-bond donors (Lipinski definition) is 3. The summed E-state index contributed by atoms with van der Waals surface area (Å²) < 4.78 is 0. The van der Waals surface area contributed by atoms with E-state index < -0.39 is 18.0 Å². The first-order chi connectivity index (χ1) is 7.88. The van der Waals surface area contributed by atoms with E-state index in [9.17, 15) is 9.59 Å². The Hall–Kier alpha value is -1.52. The normalized spacial score (nSPS) is 13.4. The first kappa shape index (κ1) is 15.5. The van der Waals surface area contributed by atoms with Crippen LogP contribution in [0.3, 0.4) is 0 Å². The van der Waals surface area contributed by atoms with Crippen molar-refractivity contribution in [2.75, 3.05) is 6.54 Å². The van der Waals surface area contributed by atoms with Crippen LogP contribution in [0.1, 0.15) is 34.1 Å². The minimum Gasteiger partial charge on any atom is -0.480 e. The fourth-order valence-electron chi connectivity index (χ4n) is 1.22. The molecule has 0 bridgehead atoms. The number of carboxylic acid groups (broad SMARTS) is 1. The van der Waals surface area contributed by atoms with Crippen molar-refractivity contribution in [1.29, 1.82) is 0 Å². The Bertz CT molecular complexity index is 296. The van der Waals surface area contributed by atoms with Crippen LogP contribution in [-0.4, -0.2) is 29.7 Å². The van der Waals surface area contributed by atoms with E-state index in [2.05, 4.69) is 10.6 Å². The van der Waals surface area contributed by atoms with Crippen molar-refractivity contribution in [3.8, 4) is 0 Å². The summed E-state index contributed by atoms with van der Waals surface area (Å²) in [5, 5.41) is 14.0. The number of aliphatic carboxylic acids is 1. The number of amides is 2. The number of carbonyl (C=O) groups excluding carboxylic acids is 1. The summed E-state index contributed by atoms with van der Waals surface area (Å²) in [5.74, 6) is -1.10. The predicted molar refractivity (Wildman–Crippen MR) is 66.8 cm³/mol. The Kier molecular flexibility index (Phi) is 7.02. The van der Waals surface area contributed by atoms with Gasteiger partial charge in [-0.15, -0.1) is 0 Å². The summed E-state index contributed by atoms with van der Waals surface area (Å²) in [6.45, 7) is 7.96. The molecule has 0 rings (SSSR count). The third-order valence-electron chi connectivity index (χ3n) is 2.54. The molecule has 3 N–H and O–H groups in total. The Morgan fingerprint density at radius 2 is 1.94 bits per heavy atom. The molecular weight excluding hydrogens is 220 g/mol. The zero-order valence-electron chi connectivity index (χ0n) is 10.9. The van der Waals surface area contributed by atoms with Gasteiger partial charge in [0.2, 0.25) is 0 Å². The highest BCUT2D eigenvalue weighted by atomic mass is 16.4. The lowest BCUT2D eigenvalue weighted by Crippen LogP contribution is -2.49. The third-order valence-corrected chi connectivity index (χ3v) is 2.54. The fourth-order valence-corrected chi connectivity index (χ4v) is 1.22. The van der Waals surface area contributed by atoms with E-state index >= 15 is 0 Å². The highest BCUT2D eigenvalue weighted by Gasteiger charge is 2.24. The molecule has 17 heavy (non-hydrogen) atoms. The van der Waals surface area contributed by atoms with Gasteiger partial charge in [0.1, 0.15) is 6.04 Å². The molecule has 0 aliphatic rings. The summed E-state index contributed by atoms with van der Waals surface area (Å²) in [6, 6.07) is -1.29.